The number of carbonyl (C=O) groups is 3. The predicted molar refractivity (Wildman–Crippen MR) is 85.9 cm³/mol. The number of aromatic nitrogens is 1. The van der Waals surface area contributed by atoms with Gasteiger partial charge in [0.05, 0.1) is 0 Å². The Morgan fingerprint density at radius 1 is 1.04 bits per heavy atom. The van der Waals surface area contributed by atoms with Gasteiger partial charge in [0.1, 0.15) is 5.54 Å². The summed E-state index contributed by atoms with van der Waals surface area (Å²) in [5.41, 5.74) is 0.0281. The standard InChI is InChI=1S/C18H23NO5/c20-15(14(16(21)22)17(23)24)18(9-3-4-10-18)19-11-5-8-13(19)12-6-1-2-7-12/h5,8,11-12,14H,1-4,6-7,9-10H2,(H,21,22)(H,23,24). The normalized spacial score (nSPS) is 20.5. The first-order valence-corrected chi connectivity index (χ1v) is 8.65. The number of hydrogen-bond acceptors (Lipinski definition) is 3. The van der Waals surface area contributed by atoms with Gasteiger partial charge in [0, 0.05) is 11.9 Å². The summed E-state index contributed by atoms with van der Waals surface area (Å²) >= 11 is 0. The molecule has 24 heavy (non-hydrogen) atoms. The first-order valence-electron chi connectivity index (χ1n) is 8.65. The van der Waals surface area contributed by atoms with Gasteiger partial charge in [-0.1, -0.05) is 25.7 Å². The number of aliphatic carboxylic acids is 2. The quantitative estimate of drug-likeness (QED) is 0.780. The minimum atomic E-state index is -2.00. The molecule has 2 saturated carbocycles. The van der Waals surface area contributed by atoms with Crippen molar-refractivity contribution in [3.8, 4) is 0 Å². The van der Waals surface area contributed by atoms with Crippen LogP contribution < -0.4 is 0 Å². The summed E-state index contributed by atoms with van der Waals surface area (Å²) in [6.45, 7) is 0. The lowest BCUT2D eigenvalue weighted by atomic mass is 9.83. The summed E-state index contributed by atoms with van der Waals surface area (Å²) in [4.78, 5) is 35.8. The number of carboxylic acids is 2. The zero-order chi connectivity index (χ0) is 17.3. The van der Waals surface area contributed by atoms with E-state index in [1.807, 2.05) is 22.9 Å². The summed E-state index contributed by atoms with van der Waals surface area (Å²) in [6, 6.07) is 3.89. The molecular weight excluding hydrogens is 310 g/mol. The molecule has 0 aliphatic heterocycles. The Labute approximate surface area is 140 Å². The van der Waals surface area contributed by atoms with Crippen molar-refractivity contribution < 1.29 is 24.6 Å². The van der Waals surface area contributed by atoms with Crippen LogP contribution in [0.4, 0.5) is 0 Å². The van der Waals surface area contributed by atoms with Gasteiger partial charge in [-0.25, -0.2) is 0 Å². The van der Waals surface area contributed by atoms with Gasteiger partial charge in [0.25, 0.3) is 0 Å². The van der Waals surface area contributed by atoms with E-state index in [0.717, 1.165) is 44.2 Å². The van der Waals surface area contributed by atoms with E-state index in [1.54, 1.807) is 0 Å². The Balaban J connectivity index is 2.03. The van der Waals surface area contributed by atoms with Crippen molar-refractivity contribution in [3.05, 3.63) is 24.0 Å². The highest BCUT2D eigenvalue weighted by atomic mass is 16.4. The van der Waals surface area contributed by atoms with E-state index in [4.69, 9.17) is 0 Å². The Kier molecular flexibility index (Phi) is 4.47. The molecule has 0 saturated heterocycles. The topological polar surface area (TPSA) is 96.6 Å². The van der Waals surface area contributed by atoms with E-state index < -0.39 is 29.2 Å². The Hall–Kier alpha value is -2.11. The van der Waals surface area contributed by atoms with Crippen LogP contribution in [0.5, 0.6) is 0 Å². The largest absolute Gasteiger partial charge is 0.480 e. The first kappa shape index (κ1) is 16.7. The van der Waals surface area contributed by atoms with E-state index in [2.05, 4.69) is 0 Å². The van der Waals surface area contributed by atoms with Crippen LogP contribution in [-0.2, 0) is 19.9 Å². The molecule has 1 aromatic rings. The van der Waals surface area contributed by atoms with Gasteiger partial charge < -0.3 is 14.8 Å². The van der Waals surface area contributed by atoms with E-state index in [1.165, 1.54) is 0 Å². The molecule has 130 valence electrons. The van der Waals surface area contributed by atoms with Crippen LogP contribution in [0.2, 0.25) is 0 Å². The molecular formula is C18H23NO5. The zero-order valence-corrected chi connectivity index (χ0v) is 13.6. The SMILES string of the molecule is O=C(O)C(C(=O)O)C(=O)C1(n2cccc2C2CCCC2)CCCC1. The van der Waals surface area contributed by atoms with Gasteiger partial charge in [-0.3, -0.25) is 14.4 Å². The van der Waals surface area contributed by atoms with Crippen molar-refractivity contribution in [2.24, 2.45) is 5.92 Å². The average Bonchev–Trinajstić information content (AvgIpc) is 3.27. The van der Waals surface area contributed by atoms with E-state index >= 15 is 0 Å². The molecule has 6 nitrogen and oxygen atoms in total. The number of rotatable bonds is 6. The number of ketones is 1. The van der Waals surface area contributed by atoms with Gasteiger partial charge in [-0.05, 0) is 43.7 Å². The lowest BCUT2D eigenvalue weighted by Gasteiger charge is -2.34. The first-order chi connectivity index (χ1) is 11.5. The van der Waals surface area contributed by atoms with Crippen molar-refractivity contribution >= 4 is 17.7 Å². The molecule has 0 bridgehead atoms. The molecule has 0 atom stereocenters. The Morgan fingerprint density at radius 3 is 2.17 bits per heavy atom. The number of carbonyl (C=O) groups excluding carboxylic acids is 1. The second-order valence-corrected chi connectivity index (χ2v) is 7.00. The monoisotopic (exact) mass is 333 g/mol. The van der Waals surface area contributed by atoms with Crippen LogP contribution >= 0.6 is 0 Å². The van der Waals surface area contributed by atoms with Crippen LogP contribution in [0, 0.1) is 5.92 Å². The van der Waals surface area contributed by atoms with Crippen molar-refractivity contribution in [1.29, 1.82) is 0 Å². The molecule has 6 heteroatoms. The second kappa shape index (κ2) is 6.42. The minimum Gasteiger partial charge on any atom is -0.480 e. The van der Waals surface area contributed by atoms with Gasteiger partial charge in [-0.2, -0.15) is 0 Å². The smallest absolute Gasteiger partial charge is 0.325 e. The maximum Gasteiger partial charge on any atom is 0.325 e. The van der Waals surface area contributed by atoms with Crippen LogP contribution in [0.3, 0.4) is 0 Å². The highest BCUT2D eigenvalue weighted by molar-refractivity contribution is 6.16. The Morgan fingerprint density at radius 2 is 1.62 bits per heavy atom. The molecule has 1 aromatic heterocycles. The molecule has 0 amide bonds. The fraction of sp³-hybridized carbons (Fsp3) is 0.611. The molecule has 0 radical (unpaired) electrons. The van der Waals surface area contributed by atoms with Crippen LogP contribution in [0.25, 0.3) is 0 Å². The third-order valence-corrected chi connectivity index (χ3v) is 5.66. The van der Waals surface area contributed by atoms with Crippen LogP contribution in [-0.4, -0.2) is 32.5 Å². The van der Waals surface area contributed by atoms with Crippen molar-refractivity contribution in [3.63, 3.8) is 0 Å². The number of hydrogen-bond donors (Lipinski definition) is 2. The van der Waals surface area contributed by atoms with Gasteiger partial charge in [0.2, 0.25) is 5.92 Å². The van der Waals surface area contributed by atoms with Crippen molar-refractivity contribution in [2.45, 2.75) is 62.8 Å². The van der Waals surface area contributed by atoms with E-state index in [-0.39, 0.29) is 0 Å². The third kappa shape index (κ3) is 2.64. The summed E-state index contributed by atoms with van der Waals surface area (Å²) in [6.07, 6.45) is 8.91. The number of Topliss-reactive ketones (excluding diaryl/α,β-unsaturated/α-hetero) is 1. The van der Waals surface area contributed by atoms with Crippen LogP contribution in [0.15, 0.2) is 18.3 Å². The van der Waals surface area contributed by atoms with Crippen LogP contribution in [0.1, 0.15) is 63.0 Å². The number of nitrogens with zero attached hydrogens (tertiary/aromatic N) is 1. The zero-order valence-electron chi connectivity index (χ0n) is 13.6. The molecule has 1 heterocycles. The van der Waals surface area contributed by atoms with Gasteiger partial charge in [-0.15, -0.1) is 0 Å². The summed E-state index contributed by atoms with van der Waals surface area (Å²) < 4.78 is 1.91. The highest BCUT2D eigenvalue weighted by Gasteiger charge is 2.51. The summed E-state index contributed by atoms with van der Waals surface area (Å²) in [7, 11) is 0. The Bertz CT molecular complexity index is 636. The minimum absolute atomic E-state index is 0.374. The molecule has 3 rings (SSSR count). The predicted octanol–water partition coefficient (Wildman–Crippen LogP) is 2.77. The molecule has 2 fully saturated rings. The maximum absolute atomic E-state index is 13.0. The lowest BCUT2D eigenvalue weighted by Crippen LogP contribution is -2.48. The fourth-order valence-corrected chi connectivity index (χ4v) is 4.50. The average molecular weight is 333 g/mol. The second-order valence-electron chi connectivity index (χ2n) is 7.00. The molecule has 0 aromatic carbocycles. The molecule has 0 unspecified atom stereocenters. The lowest BCUT2D eigenvalue weighted by molar-refractivity contribution is -0.160. The highest BCUT2D eigenvalue weighted by Crippen LogP contribution is 2.44. The van der Waals surface area contributed by atoms with E-state index in [9.17, 15) is 24.6 Å². The molecule has 2 aliphatic carbocycles. The summed E-state index contributed by atoms with van der Waals surface area (Å²) in [5.74, 6) is -5.46. The van der Waals surface area contributed by atoms with Crippen molar-refractivity contribution in [2.75, 3.05) is 0 Å². The fourth-order valence-electron chi connectivity index (χ4n) is 4.50. The number of carboxylic acid groups (broad SMARTS) is 2. The molecule has 2 aliphatic rings. The van der Waals surface area contributed by atoms with E-state index in [0.29, 0.717) is 18.8 Å². The third-order valence-electron chi connectivity index (χ3n) is 5.66. The van der Waals surface area contributed by atoms with Gasteiger partial charge >= 0.3 is 11.9 Å². The van der Waals surface area contributed by atoms with Gasteiger partial charge in [0.15, 0.2) is 5.78 Å². The molecule has 2 N–H and O–H groups in total. The maximum atomic E-state index is 13.0. The van der Waals surface area contributed by atoms with Crippen molar-refractivity contribution in [1.82, 2.24) is 4.57 Å². The molecule has 0 spiro atoms. The summed E-state index contributed by atoms with van der Waals surface area (Å²) in [5, 5.41) is 18.5.